The van der Waals surface area contributed by atoms with Crippen LogP contribution >= 0.6 is 0 Å². The number of fused-ring (bicyclic) bond motifs is 2. The average molecular weight is 367 g/mol. The number of ether oxygens (including phenoxy) is 1. The molecule has 0 amide bonds. The molecule has 1 aromatic carbocycles. The summed E-state index contributed by atoms with van der Waals surface area (Å²) in [7, 11) is 1.38. The number of methoxy groups -OCH3 is 1. The molecule has 1 aromatic heterocycles. The van der Waals surface area contributed by atoms with Gasteiger partial charge >= 0.3 is 5.97 Å². The van der Waals surface area contributed by atoms with Gasteiger partial charge in [-0.3, -0.25) is 4.79 Å². The predicted octanol–water partition coefficient (Wildman–Crippen LogP) is 3.97. The lowest BCUT2D eigenvalue weighted by Gasteiger charge is -2.41. The molecule has 138 valence electrons. The number of carbonyl (C=O) groups excluding carboxylic acids is 1. The monoisotopic (exact) mass is 367 g/mol. The molecule has 1 saturated carbocycles. The molecule has 2 aromatic rings. The maximum Gasteiger partial charge on any atom is 0.316 e. The number of halogens is 1. The first-order valence-corrected chi connectivity index (χ1v) is 8.74. The number of benzene rings is 1. The van der Waals surface area contributed by atoms with E-state index in [4.69, 9.17) is 10.3 Å². The van der Waals surface area contributed by atoms with Crippen molar-refractivity contribution in [3.63, 3.8) is 0 Å². The van der Waals surface area contributed by atoms with Gasteiger partial charge in [-0.25, -0.2) is 9.07 Å². The SMILES string of the molecule is COC(=O)[C@]12Cc3cnn(-c4ccc(F)cc4)c3C=C1CC[C@H](N=[N+]=[N-])C2. The third kappa shape index (κ3) is 2.78. The van der Waals surface area contributed by atoms with Crippen LogP contribution in [0.4, 0.5) is 4.39 Å². The molecule has 0 bridgehead atoms. The summed E-state index contributed by atoms with van der Waals surface area (Å²) >= 11 is 0. The molecule has 27 heavy (non-hydrogen) atoms. The van der Waals surface area contributed by atoms with Gasteiger partial charge in [0.1, 0.15) is 5.82 Å². The minimum absolute atomic E-state index is 0.236. The largest absolute Gasteiger partial charge is 0.468 e. The van der Waals surface area contributed by atoms with Crippen molar-refractivity contribution in [1.29, 1.82) is 0 Å². The van der Waals surface area contributed by atoms with Crippen LogP contribution in [0.15, 0.2) is 41.1 Å². The molecule has 2 aliphatic rings. The van der Waals surface area contributed by atoms with Crippen molar-refractivity contribution < 1.29 is 13.9 Å². The van der Waals surface area contributed by atoms with Crippen LogP contribution in [0.1, 0.15) is 30.5 Å². The number of esters is 1. The predicted molar refractivity (Wildman–Crippen MR) is 96.4 cm³/mol. The van der Waals surface area contributed by atoms with E-state index in [2.05, 4.69) is 15.1 Å². The normalized spacial score (nSPS) is 23.5. The Morgan fingerprint density at radius 1 is 1.44 bits per heavy atom. The fraction of sp³-hybridized carbons (Fsp3) is 0.368. The van der Waals surface area contributed by atoms with Crippen LogP contribution in [0, 0.1) is 11.2 Å². The number of hydrogen-bond donors (Lipinski definition) is 0. The van der Waals surface area contributed by atoms with Crippen LogP contribution < -0.4 is 0 Å². The number of hydrogen-bond acceptors (Lipinski definition) is 4. The smallest absolute Gasteiger partial charge is 0.316 e. The Hall–Kier alpha value is -3.12. The Balaban J connectivity index is 1.79. The molecule has 0 aliphatic heterocycles. The van der Waals surface area contributed by atoms with Crippen LogP contribution in [-0.4, -0.2) is 28.9 Å². The molecule has 7 nitrogen and oxygen atoms in total. The third-order valence-electron chi connectivity index (χ3n) is 5.50. The molecular weight excluding hydrogens is 349 g/mol. The second-order valence-corrected chi connectivity index (χ2v) is 6.96. The van der Waals surface area contributed by atoms with Gasteiger partial charge in [0.05, 0.1) is 30.1 Å². The van der Waals surface area contributed by atoms with E-state index >= 15 is 0 Å². The molecule has 1 heterocycles. The lowest BCUT2D eigenvalue weighted by Crippen LogP contribution is -2.43. The molecule has 0 spiro atoms. The van der Waals surface area contributed by atoms with Crippen molar-refractivity contribution in [1.82, 2.24) is 9.78 Å². The van der Waals surface area contributed by atoms with Crippen LogP contribution in [0.3, 0.4) is 0 Å². The molecule has 4 rings (SSSR count). The first-order valence-electron chi connectivity index (χ1n) is 8.74. The fourth-order valence-electron chi connectivity index (χ4n) is 4.21. The van der Waals surface area contributed by atoms with E-state index in [0.29, 0.717) is 25.7 Å². The van der Waals surface area contributed by atoms with E-state index in [1.165, 1.54) is 19.2 Å². The van der Waals surface area contributed by atoms with Crippen LogP contribution in [0.5, 0.6) is 0 Å². The Morgan fingerprint density at radius 2 is 2.22 bits per heavy atom. The number of rotatable bonds is 3. The fourth-order valence-corrected chi connectivity index (χ4v) is 4.21. The van der Waals surface area contributed by atoms with Crippen molar-refractivity contribution in [2.45, 2.75) is 31.7 Å². The van der Waals surface area contributed by atoms with Crippen molar-refractivity contribution in [3.8, 4) is 5.69 Å². The zero-order valence-corrected chi connectivity index (χ0v) is 14.8. The van der Waals surface area contributed by atoms with E-state index in [1.54, 1.807) is 23.0 Å². The summed E-state index contributed by atoms with van der Waals surface area (Å²) in [5.41, 5.74) is 11.5. The molecule has 2 aliphatic carbocycles. The van der Waals surface area contributed by atoms with Gasteiger partial charge in [-0.2, -0.15) is 5.10 Å². The van der Waals surface area contributed by atoms with Crippen molar-refractivity contribution >= 4 is 12.0 Å². The Bertz CT molecular complexity index is 974. The summed E-state index contributed by atoms with van der Waals surface area (Å²) < 4.78 is 20.1. The summed E-state index contributed by atoms with van der Waals surface area (Å²) in [6, 6.07) is 5.88. The van der Waals surface area contributed by atoms with Crippen LogP contribution in [0.25, 0.3) is 22.2 Å². The van der Waals surface area contributed by atoms with Gasteiger partial charge in [-0.05, 0) is 67.1 Å². The quantitative estimate of drug-likeness (QED) is 0.355. The molecule has 1 fully saturated rings. The number of nitrogens with zero attached hydrogens (tertiary/aromatic N) is 5. The highest BCUT2D eigenvalue weighted by molar-refractivity contribution is 5.85. The topological polar surface area (TPSA) is 92.9 Å². The van der Waals surface area contributed by atoms with Gasteiger partial charge in [-0.1, -0.05) is 10.7 Å². The Labute approximate surface area is 155 Å². The molecule has 8 heteroatoms. The van der Waals surface area contributed by atoms with E-state index in [9.17, 15) is 9.18 Å². The maximum absolute atomic E-state index is 13.2. The first-order chi connectivity index (χ1) is 13.1. The molecular formula is C19H18FN5O2. The van der Waals surface area contributed by atoms with E-state index < -0.39 is 5.41 Å². The van der Waals surface area contributed by atoms with Gasteiger partial charge < -0.3 is 4.74 Å². The maximum atomic E-state index is 13.2. The van der Waals surface area contributed by atoms with E-state index in [-0.39, 0.29) is 17.8 Å². The van der Waals surface area contributed by atoms with Gasteiger partial charge in [0.2, 0.25) is 0 Å². The summed E-state index contributed by atoms with van der Waals surface area (Å²) in [5, 5.41) is 8.29. The Kier molecular flexibility index (Phi) is 4.20. The lowest BCUT2D eigenvalue weighted by molar-refractivity contribution is -0.151. The minimum atomic E-state index is -0.824. The first kappa shape index (κ1) is 17.3. The van der Waals surface area contributed by atoms with Crippen LogP contribution in [-0.2, 0) is 16.0 Å². The number of carbonyl (C=O) groups is 1. The van der Waals surface area contributed by atoms with E-state index in [0.717, 1.165) is 22.5 Å². The second kappa shape index (κ2) is 6.55. The summed E-state index contributed by atoms with van der Waals surface area (Å²) in [6.07, 6.45) is 5.92. The summed E-state index contributed by atoms with van der Waals surface area (Å²) in [4.78, 5) is 15.6. The highest BCUT2D eigenvalue weighted by atomic mass is 19.1. The van der Waals surface area contributed by atoms with E-state index in [1.807, 2.05) is 6.08 Å². The van der Waals surface area contributed by atoms with Gasteiger partial charge in [0.25, 0.3) is 0 Å². The summed E-state index contributed by atoms with van der Waals surface area (Å²) in [5.74, 6) is -0.619. The van der Waals surface area contributed by atoms with Gasteiger partial charge in [0.15, 0.2) is 0 Å². The van der Waals surface area contributed by atoms with Crippen LogP contribution in [0.2, 0.25) is 0 Å². The second-order valence-electron chi connectivity index (χ2n) is 6.96. The number of aromatic nitrogens is 2. The van der Waals surface area contributed by atoms with Crippen molar-refractivity contribution in [3.05, 3.63) is 63.6 Å². The Morgan fingerprint density at radius 3 is 2.93 bits per heavy atom. The molecule has 0 radical (unpaired) electrons. The zero-order chi connectivity index (χ0) is 19.0. The molecule has 2 atom stereocenters. The van der Waals surface area contributed by atoms with Gasteiger partial charge in [0, 0.05) is 11.0 Å². The zero-order valence-electron chi connectivity index (χ0n) is 14.8. The standard InChI is InChI=1S/C19H18FN5O2/c1-27-18(26)19-9-12-11-22-25(16-6-3-14(20)4-7-16)17(12)8-13(19)2-5-15(10-19)23-24-21/h3-4,6-8,11,15H,2,5,9-10H2,1H3/t15-,19-/m0/s1. The third-order valence-corrected chi connectivity index (χ3v) is 5.50. The average Bonchev–Trinajstić information content (AvgIpc) is 3.08. The molecule has 0 N–H and O–H groups in total. The number of azide groups is 1. The summed E-state index contributed by atoms with van der Waals surface area (Å²) in [6.45, 7) is 0. The molecule has 0 unspecified atom stereocenters. The van der Waals surface area contributed by atoms with Crippen molar-refractivity contribution in [2.24, 2.45) is 10.5 Å². The van der Waals surface area contributed by atoms with Gasteiger partial charge in [-0.15, -0.1) is 0 Å². The molecule has 0 saturated heterocycles. The van der Waals surface area contributed by atoms with Crippen molar-refractivity contribution in [2.75, 3.05) is 7.11 Å². The highest BCUT2D eigenvalue weighted by Crippen LogP contribution is 2.49. The lowest BCUT2D eigenvalue weighted by atomic mass is 9.63. The minimum Gasteiger partial charge on any atom is -0.468 e. The highest BCUT2D eigenvalue weighted by Gasteiger charge is 2.49.